The first-order valence-electron chi connectivity index (χ1n) is 15.3. The molecule has 8 atom stereocenters. The molecule has 10 N–H and O–H groups in total. The van der Waals surface area contributed by atoms with Crippen LogP contribution < -0.4 is 15.0 Å². The zero-order valence-corrected chi connectivity index (χ0v) is 26.1. The van der Waals surface area contributed by atoms with Crippen molar-refractivity contribution in [1.82, 2.24) is 5.32 Å². The lowest BCUT2D eigenvalue weighted by molar-refractivity contribution is -0.838. The minimum Gasteiger partial charge on any atom is -0.508 e. The summed E-state index contributed by atoms with van der Waals surface area (Å²) in [5, 5.41) is 83.0. The van der Waals surface area contributed by atoms with Gasteiger partial charge in [-0.2, -0.15) is 0 Å². The molecule has 0 saturated carbocycles. The summed E-state index contributed by atoms with van der Waals surface area (Å²) in [5.41, 5.74) is 1.41. The third-order valence-corrected chi connectivity index (χ3v) is 8.49. The summed E-state index contributed by atoms with van der Waals surface area (Å²) in [6.07, 6.45) is -3.21. The van der Waals surface area contributed by atoms with Crippen LogP contribution in [0.25, 0.3) is 6.08 Å². The summed E-state index contributed by atoms with van der Waals surface area (Å²) in [5.74, 6) is -5.33. The van der Waals surface area contributed by atoms with Crippen LogP contribution in [-0.2, 0) is 35.1 Å². The first-order valence-corrected chi connectivity index (χ1v) is 15.3. The number of rotatable bonds is 11. The molecule has 3 heterocycles. The number of esters is 1. The number of carbonyl (C=O) groups excluding carboxylic acids is 1. The summed E-state index contributed by atoms with van der Waals surface area (Å²) in [6.45, 7) is -0.593. The van der Waals surface area contributed by atoms with Gasteiger partial charge in [0.1, 0.15) is 60.7 Å². The van der Waals surface area contributed by atoms with Crippen molar-refractivity contribution in [2.24, 2.45) is 0 Å². The first-order chi connectivity index (χ1) is 23.7. The number of aromatic hydroxyl groups is 2. The van der Waals surface area contributed by atoms with E-state index in [4.69, 9.17) is 14.2 Å². The van der Waals surface area contributed by atoms with E-state index in [1.165, 1.54) is 42.5 Å². The number of ether oxygens (including phenoxy) is 3. The molecule has 2 aromatic carbocycles. The summed E-state index contributed by atoms with van der Waals surface area (Å²) in [6, 6.07) is 6.29. The van der Waals surface area contributed by atoms with Crippen molar-refractivity contribution in [2.75, 3.05) is 13.2 Å². The van der Waals surface area contributed by atoms with E-state index >= 15 is 0 Å². The van der Waals surface area contributed by atoms with Gasteiger partial charge in [-0.25, -0.2) is 19.2 Å². The molecule has 3 aliphatic heterocycles. The van der Waals surface area contributed by atoms with Gasteiger partial charge in [-0.1, -0.05) is 12.1 Å². The SMILES string of the molecule is O=C(/C=C\c1ccc(O)cc1)OC[C@@H]1O[C@H](Oc2cc3c(cc2O)C[C@@H](C(=O)O)[NH+]3C/C=C2\C=C(C(=O)O)N[C@H](C(=O)O)C2)[C@H](O)[C@@H](O)[C@@H]1O. The zero-order chi connectivity index (χ0) is 36.3. The van der Waals surface area contributed by atoms with E-state index in [2.05, 4.69) is 5.32 Å². The lowest BCUT2D eigenvalue weighted by atomic mass is 9.99. The molecule has 5 rings (SSSR count). The minimum atomic E-state index is -1.84. The first kappa shape index (κ1) is 35.8. The molecule has 17 nitrogen and oxygen atoms in total. The van der Waals surface area contributed by atoms with Crippen LogP contribution in [0.2, 0.25) is 0 Å². The predicted octanol–water partition coefficient (Wildman–Crippen LogP) is -1.59. The average Bonchev–Trinajstić information content (AvgIpc) is 3.43. The van der Waals surface area contributed by atoms with Crippen LogP contribution in [0.1, 0.15) is 17.5 Å². The van der Waals surface area contributed by atoms with Crippen molar-refractivity contribution in [3.05, 3.63) is 77.0 Å². The maximum Gasteiger partial charge on any atom is 0.363 e. The van der Waals surface area contributed by atoms with Crippen LogP contribution >= 0.6 is 0 Å². The Morgan fingerprint density at radius 3 is 2.32 bits per heavy atom. The smallest absolute Gasteiger partial charge is 0.363 e. The van der Waals surface area contributed by atoms with Gasteiger partial charge in [-0.3, -0.25) is 4.90 Å². The number of benzene rings is 2. The second-order valence-corrected chi connectivity index (χ2v) is 11.9. The second-order valence-electron chi connectivity index (χ2n) is 11.9. The van der Waals surface area contributed by atoms with Crippen LogP contribution in [-0.4, -0.2) is 121 Å². The van der Waals surface area contributed by atoms with Gasteiger partial charge in [0.05, 0.1) is 0 Å². The van der Waals surface area contributed by atoms with Crippen LogP contribution in [0.4, 0.5) is 5.69 Å². The predicted molar refractivity (Wildman–Crippen MR) is 167 cm³/mol. The Balaban J connectivity index is 1.32. The van der Waals surface area contributed by atoms with Gasteiger partial charge < -0.3 is 60.4 Å². The van der Waals surface area contributed by atoms with E-state index in [1.54, 1.807) is 12.1 Å². The number of carboxylic acids is 3. The van der Waals surface area contributed by atoms with E-state index < -0.39 is 79.0 Å². The Hall–Kier alpha value is -5.46. The summed E-state index contributed by atoms with van der Waals surface area (Å²) in [4.78, 5) is 48.0. The highest BCUT2D eigenvalue weighted by atomic mass is 16.7. The molecule has 0 aliphatic carbocycles. The molecule has 0 amide bonds. The highest BCUT2D eigenvalue weighted by molar-refractivity contribution is 5.89. The molecule has 266 valence electrons. The normalized spacial score (nSPS) is 28.4. The van der Waals surface area contributed by atoms with E-state index in [0.29, 0.717) is 27.3 Å². The van der Waals surface area contributed by atoms with Crippen molar-refractivity contribution in [3.63, 3.8) is 0 Å². The highest BCUT2D eigenvalue weighted by Crippen LogP contribution is 2.36. The van der Waals surface area contributed by atoms with Gasteiger partial charge in [-0.15, -0.1) is 0 Å². The highest BCUT2D eigenvalue weighted by Gasteiger charge is 2.46. The van der Waals surface area contributed by atoms with Gasteiger partial charge in [0.25, 0.3) is 0 Å². The molecule has 2 aromatic rings. The third kappa shape index (κ3) is 8.04. The number of carbonyl (C=O) groups is 4. The van der Waals surface area contributed by atoms with Crippen molar-refractivity contribution < 1.29 is 79.1 Å². The zero-order valence-electron chi connectivity index (χ0n) is 26.1. The number of carboxylic acid groups (broad SMARTS) is 3. The molecule has 0 radical (unpaired) electrons. The maximum atomic E-state index is 12.3. The lowest BCUT2D eigenvalue weighted by Gasteiger charge is -2.39. The van der Waals surface area contributed by atoms with E-state index in [0.717, 1.165) is 6.08 Å². The Morgan fingerprint density at radius 1 is 0.940 bits per heavy atom. The molecule has 1 unspecified atom stereocenters. The van der Waals surface area contributed by atoms with Crippen molar-refractivity contribution in [1.29, 1.82) is 0 Å². The number of aliphatic carboxylic acids is 3. The number of allylic oxidation sites excluding steroid dienone is 1. The van der Waals surface area contributed by atoms with Crippen LogP contribution in [0.5, 0.6) is 17.2 Å². The number of phenolic OH excluding ortho intramolecular Hbond substituents is 2. The molecular formula is C33H35N2O15+. The number of hydrogen-bond acceptors (Lipinski definition) is 13. The Kier molecular flexibility index (Phi) is 10.7. The fourth-order valence-corrected chi connectivity index (χ4v) is 5.85. The van der Waals surface area contributed by atoms with Crippen molar-refractivity contribution in [3.8, 4) is 17.2 Å². The Bertz CT molecular complexity index is 1740. The Labute approximate surface area is 283 Å². The van der Waals surface area contributed by atoms with Crippen molar-refractivity contribution in [2.45, 2.75) is 55.6 Å². The standard InChI is InChI=1S/C33H34N2O15/c36-18-4-1-15(2-5-18)3-6-26(38)48-14-25-27(39)28(40)29(41)33(50-25)49-24-13-21-17(12-23(24)37)11-22(32(46)47)35(21)8-7-16-9-19(30(42)43)34-20(10-16)31(44)45/h1-7,9,12-13,20,22,25,27-29,33-34,36-37,39-41H,8,10-11,14H2,(H,42,43)(H,44,45)(H,46,47)/p+1/b6-3-,16-7+/t20-,22-,25-,27+,28-,29+,33-/m0/s1. The van der Waals surface area contributed by atoms with Gasteiger partial charge in [0.2, 0.25) is 6.29 Å². The molecular weight excluding hydrogens is 664 g/mol. The van der Waals surface area contributed by atoms with E-state index in [9.17, 15) is 60.0 Å². The third-order valence-electron chi connectivity index (χ3n) is 8.49. The number of hydrogen-bond donors (Lipinski definition) is 10. The van der Waals surface area contributed by atoms with Gasteiger partial charge in [0.15, 0.2) is 17.5 Å². The minimum absolute atomic E-state index is 0.00533. The molecule has 17 heteroatoms. The fourth-order valence-electron chi connectivity index (χ4n) is 5.85. The van der Waals surface area contributed by atoms with Gasteiger partial charge in [-0.05, 0) is 47.6 Å². The topological polar surface area (TPSA) is 274 Å². The molecule has 0 spiro atoms. The molecule has 50 heavy (non-hydrogen) atoms. The summed E-state index contributed by atoms with van der Waals surface area (Å²) < 4.78 is 16.5. The maximum absolute atomic E-state index is 12.3. The molecule has 1 fully saturated rings. The molecule has 1 saturated heterocycles. The van der Waals surface area contributed by atoms with Crippen LogP contribution in [0.15, 0.2) is 65.9 Å². The molecule has 3 aliphatic rings. The Morgan fingerprint density at radius 2 is 1.66 bits per heavy atom. The largest absolute Gasteiger partial charge is 0.508 e. The number of quaternary nitrogens is 1. The monoisotopic (exact) mass is 699 g/mol. The number of phenols is 2. The van der Waals surface area contributed by atoms with Gasteiger partial charge in [0, 0.05) is 30.5 Å². The molecule has 0 bridgehead atoms. The second kappa shape index (κ2) is 15.0. The fraction of sp³-hybridized carbons (Fsp3) is 0.333. The van der Waals surface area contributed by atoms with E-state index in [-0.39, 0.29) is 36.6 Å². The number of fused-ring (bicyclic) bond motifs is 1. The van der Waals surface area contributed by atoms with Crippen molar-refractivity contribution >= 4 is 35.6 Å². The lowest BCUT2D eigenvalue weighted by Crippen LogP contribution is -3.11. The summed E-state index contributed by atoms with van der Waals surface area (Å²) >= 11 is 0. The number of aliphatic hydroxyl groups is 3. The number of aliphatic hydroxyl groups excluding tert-OH is 3. The quantitative estimate of drug-likeness (QED) is 0.0719. The van der Waals surface area contributed by atoms with Crippen LogP contribution in [0, 0.1) is 0 Å². The van der Waals surface area contributed by atoms with E-state index in [1.807, 2.05) is 0 Å². The summed E-state index contributed by atoms with van der Waals surface area (Å²) in [7, 11) is 0. The molecule has 0 aromatic heterocycles. The average molecular weight is 700 g/mol. The van der Waals surface area contributed by atoms with Gasteiger partial charge >= 0.3 is 23.9 Å². The van der Waals surface area contributed by atoms with Crippen LogP contribution in [0.3, 0.4) is 0 Å². The number of nitrogens with one attached hydrogen (secondary N) is 2.